The molecule has 0 bridgehead atoms. The summed E-state index contributed by atoms with van der Waals surface area (Å²) in [6.45, 7) is 0. The largest absolute Gasteiger partial charge is 0.356 e. The third-order valence-electron chi connectivity index (χ3n) is 7.00. The molecule has 0 spiro atoms. The number of benzene rings is 7. The molecular weight excluding hydrogens is 422 g/mol. The van der Waals surface area contributed by atoms with Crippen molar-refractivity contribution in [1.29, 1.82) is 0 Å². The van der Waals surface area contributed by atoms with Crippen molar-refractivity contribution in [1.82, 2.24) is 0 Å². The zero-order valence-corrected chi connectivity index (χ0v) is 19.2. The number of fused-ring (bicyclic) bond motifs is 7. The summed E-state index contributed by atoms with van der Waals surface area (Å²) >= 11 is 0. The number of hydrogen-bond acceptors (Lipinski definition) is 1. The van der Waals surface area contributed by atoms with Gasteiger partial charge in [0, 0.05) is 11.4 Å². The summed E-state index contributed by atoms with van der Waals surface area (Å²) in [7, 11) is 0. The van der Waals surface area contributed by atoms with Gasteiger partial charge in [0.05, 0.1) is 0 Å². The normalized spacial score (nSPS) is 11.4. The molecule has 7 rings (SSSR count). The van der Waals surface area contributed by atoms with Crippen LogP contribution in [0.25, 0.3) is 54.2 Å². The summed E-state index contributed by atoms with van der Waals surface area (Å²) in [5.74, 6) is 0. The van der Waals surface area contributed by atoms with Crippen molar-refractivity contribution in [3.05, 3.63) is 133 Å². The van der Waals surface area contributed by atoms with Crippen LogP contribution >= 0.6 is 0 Å². The Kier molecular flexibility index (Phi) is 4.53. The van der Waals surface area contributed by atoms with Crippen LogP contribution in [0, 0.1) is 0 Å². The molecule has 0 saturated carbocycles. The molecule has 1 N–H and O–H groups in total. The summed E-state index contributed by atoms with van der Waals surface area (Å²) in [6.07, 6.45) is 0. The molecule has 0 radical (unpaired) electrons. The van der Waals surface area contributed by atoms with E-state index in [2.05, 4.69) is 139 Å². The van der Waals surface area contributed by atoms with Crippen LogP contribution in [-0.4, -0.2) is 0 Å². The predicted molar refractivity (Wildman–Crippen MR) is 152 cm³/mol. The third-order valence-corrected chi connectivity index (χ3v) is 7.00. The van der Waals surface area contributed by atoms with Crippen LogP contribution in [0.2, 0.25) is 0 Å². The molecule has 7 aromatic rings. The van der Waals surface area contributed by atoms with Crippen LogP contribution in [0.4, 0.5) is 11.4 Å². The lowest BCUT2D eigenvalue weighted by molar-refractivity contribution is 1.56. The van der Waals surface area contributed by atoms with E-state index in [0.717, 1.165) is 11.4 Å². The highest BCUT2D eigenvalue weighted by atomic mass is 14.9. The van der Waals surface area contributed by atoms with Crippen molar-refractivity contribution in [3.8, 4) is 11.1 Å². The SMILES string of the molecule is c1ccc2cc(-c3ccc(Nc4ccc5c6ccccc6c6ccccc6c5c4)cc3)ccc2c1. The third kappa shape index (κ3) is 3.41. The van der Waals surface area contributed by atoms with Crippen LogP contribution in [0.15, 0.2) is 133 Å². The Morgan fingerprint density at radius 1 is 0.314 bits per heavy atom. The van der Waals surface area contributed by atoms with E-state index < -0.39 is 0 Å². The standard InChI is InChI=1S/C34H23N/c1-2-8-25-21-26(14-13-23(25)7-1)24-15-17-27(18-16-24)35-28-19-20-33-31-11-4-3-9-29(31)30-10-5-6-12-32(30)34(33)22-28/h1-22,35H. The van der Waals surface area contributed by atoms with Crippen molar-refractivity contribution in [2.45, 2.75) is 0 Å². The van der Waals surface area contributed by atoms with Crippen LogP contribution in [-0.2, 0) is 0 Å². The van der Waals surface area contributed by atoms with E-state index in [1.807, 2.05) is 0 Å². The Balaban J connectivity index is 1.26. The van der Waals surface area contributed by atoms with Gasteiger partial charge in [0.15, 0.2) is 0 Å². The van der Waals surface area contributed by atoms with Gasteiger partial charge in [-0.3, -0.25) is 0 Å². The molecule has 0 unspecified atom stereocenters. The van der Waals surface area contributed by atoms with E-state index in [4.69, 9.17) is 0 Å². The monoisotopic (exact) mass is 445 g/mol. The van der Waals surface area contributed by atoms with Crippen LogP contribution < -0.4 is 5.32 Å². The molecule has 0 aromatic heterocycles. The first-order valence-electron chi connectivity index (χ1n) is 12.0. The van der Waals surface area contributed by atoms with E-state index in [1.54, 1.807) is 0 Å². The Hall–Kier alpha value is -4.62. The molecular formula is C34H23N. The van der Waals surface area contributed by atoms with Crippen LogP contribution in [0.1, 0.15) is 0 Å². The second-order valence-corrected chi connectivity index (χ2v) is 9.12. The highest BCUT2D eigenvalue weighted by Crippen LogP contribution is 2.36. The second-order valence-electron chi connectivity index (χ2n) is 9.12. The second kappa shape index (κ2) is 8.00. The first-order valence-corrected chi connectivity index (χ1v) is 12.0. The van der Waals surface area contributed by atoms with Gasteiger partial charge in [-0.25, -0.2) is 0 Å². The van der Waals surface area contributed by atoms with Gasteiger partial charge in [-0.2, -0.15) is 0 Å². The van der Waals surface area contributed by atoms with Gasteiger partial charge in [0.25, 0.3) is 0 Å². The molecule has 0 aliphatic heterocycles. The molecule has 0 amide bonds. The first-order chi connectivity index (χ1) is 17.3. The lowest BCUT2D eigenvalue weighted by Crippen LogP contribution is -1.91. The topological polar surface area (TPSA) is 12.0 Å². The zero-order chi connectivity index (χ0) is 23.2. The van der Waals surface area contributed by atoms with Gasteiger partial charge in [0.2, 0.25) is 0 Å². The molecule has 0 saturated heterocycles. The fourth-order valence-corrected chi connectivity index (χ4v) is 5.27. The van der Waals surface area contributed by atoms with Crippen molar-refractivity contribution < 1.29 is 0 Å². The number of nitrogens with one attached hydrogen (secondary N) is 1. The molecule has 0 heterocycles. The van der Waals surface area contributed by atoms with Crippen LogP contribution in [0.5, 0.6) is 0 Å². The Morgan fingerprint density at radius 3 is 1.51 bits per heavy atom. The van der Waals surface area contributed by atoms with E-state index in [0.29, 0.717) is 0 Å². The lowest BCUT2D eigenvalue weighted by Gasteiger charge is -2.13. The van der Waals surface area contributed by atoms with E-state index >= 15 is 0 Å². The average molecular weight is 446 g/mol. The fraction of sp³-hybridized carbons (Fsp3) is 0. The van der Waals surface area contributed by atoms with Gasteiger partial charge >= 0.3 is 0 Å². The molecule has 0 aliphatic carbocycles. The molecule has 1 heteroatoms. The highest BCUT2D eigenvalue weighted by Gasteiger charge is 2.09. The summed E-state index contributed by atoms with van der Waals surface area (Å²) in [6, 6.07) is 48.0. The molecule has 0 atom stereocenters. The number of hydrogen-bond donors (Lipinski definition) is 1. The number of anilines is 2. The average Bonchev–Trinajstić information content (AvgIpc) is 2.93. The minimum atomic E-state index is 1.08. The van der Waals surface area contributed by atoms with Crippen molar-refractivity contribution in [3.63, 3.8) is 0 Å². The van der Waals surface area contributed by atoms with Gasteiger partial charge in [0.1, 0.15) is 0 Å². The molecule has 0 fully saturated rings. The van der Waals surface area contributed by atoms with E-state index in [1.165, 1.54) is 54.2 Å². The summed E-state index contributed by atoms with van der Waals surface area (Å²) in [4.78, 5) is 0. The smallest absolute Gasteiger partial charge is 0.0390 e. The van der Waals surface area contributed by atoms with E-state index in [-0.39, 0.29) is 0 Å². The predicted octanol–water partition coefficient (Wildman–Crippen LogP) is 9.71. The Morgan fingerprint density at radius 2 is 0.829 bits per heavy atom. The van der Waals surface area contributed by atoms with Crippen LogP contribution in [0.3, 0.4) is 0 Å². The molecule has 1 nitrogen and oxygen atoms in total. The lowest BCUT2D eigenvalue weighted by atomic mass is 9.94. The molecule has 0 aliphatic rings. The van der Waals surface area contributed by atoms with Gasteiger partial charge in [-0.05, 0) is 84.5 Å². The first kappa shape index (κ1) is 19.8. The Bertz CT molecular complexity index is 1830. The van der Waals surface area contributed by atoms with Gasteiger partial charge in [-0.15, -0.1) is 0 Å². The maximum atomic E-state index is 3.62. The highest BCUT2D eigenvalue weighted by molar-refractivity contribution is 6.25. The molecule has 35 heavy (non-hydrogen) atoms. The van der Waals surface area contributed by atoms with Crippen molar-refractivity contribution >= 4 is 54.5 Å². The quantitative estimate of drug-likeness (QED) is 0.267. The summed E-state index contributed by atoms with van der Waals surface area (Å²) in [5, 5.41) is 13.9. The number of rotatable bonds is 3. The van der Waals surface area contributed by atoms with Gasteiger partial charge < -0.3 is 5.32 Å². The zero-order valence-electron chi connectivity index (χ0n) is 19.2. The fourth-order valence-electron chi connectivity index (χ4n) is 5.27. The maximum absolute atomic E-state index is 3.62. The summed E-state index contributed by atoms with van der Waals surface area (Å²) in [5.41, 5.74) is 4.63. The summed E-state index contributed by atoms with van der Waals surface area (Å²) < 4.78 is 0. The minimum absolute atomic E-state index is 1.08. The molecule has 7 aromatic carbocycles. The van der Waals surface area contributed by atoms with Crippen molar-refractivity contribution in [2.24, 2.45) is 0 Å². The molecule has 164 valence electrons. The van der Waals surface area contributed by atoms with E-state index in [9.17, 15) is 0 Å². The minimum Gasteiger partial charge on any atom is -0.356 e. The van der Waals surface area contributed by atoms with Gasteiger partial charge in [-0.1, -0.05) is 103 Å². The van der Waals surface area contributed by atoms with Crippen molar-refractivity contribution in [2.75, 3.05) is 5.32 Å². The Labute approximate surface area is 204 Å². The maximum Gasteiger partial charge on any atom is 0.0390 e.